The number of methoxy groups -OCH3 is 1. The minimum atomic E-state index is 0.398. The third kappa shape index (κ3) is 3.95. The Hall–Kier alpha value is -2.78. The second-order valence-electron chi connectivity index (χ2n) is 9.00. The Bertz CT molecular complexity index is 1010. The van der Waals surface area contributed by atoms with Crippen LogP contribution in [0.15, 0.2) is 78.9 Å². The van der Waals surface area contributed by atoms with Crippen molar-refractivity contribution in [2.75, 3.05) is 32.1 Å². The van der Waals surface area contributed by atoms with Crippen molar-refractivity contribution in [2.24, 2.45) is 5.92 Å². The Morgan fingerprint density at radius 1 is 0.871 bits per heavy atom. The number of hydrogen-bond donors (Lipinski definition) is 0. The summed E-state index contributed by atoms with van der Waals surface area (Å²) >= 11 is 0. The van der Waals surface area contributed by atoms with Crippen LogP contribution in [0.2, 0.25) is 0 Å². The number of rotatable bonds is 6. The van der Waals surface area contributed by atoms with E-state index in [1.807, 2.05) is 12.1 Å². The molecule has 0 N–H and O–H groups in total. The van der Waals surface area contributed by atoms with Crippen LogP contribution in [0.3, 0.4) is 0 Å². The quantitative estimate of drug-likeness (QED) is 0.488. The highest BCUT2D eigenvalue weighted by Gasteiger charge is 2.39. The van der Waals surface area contributed by atoms with E-state index in [0.29, 0.717) is 12.0 Å². The summed E-state index contributed by atoms with van der Waals surface area (Å²) in [6, 6.07) is 29.0. The lowest BCUT2D eigenvalue weighted by molar-refractivity contribution is 0.0411. The summed E-state index contributed by atoms with van der Waals surface area (Å²) in [5, 5.41) is 0. The van der Waals surface area contributed by atoms with Gasteiger partial charge in [0.1, 0.15) is 5.75 Å². The first-order chi connectivity index (χ1) is 15.2. The maximum Gasteiger partial charge on any atom is 0.142 e. The van der Waals surface area contributed by atoms with E-state index in [4.69, 9.17) is 4.74 Å². The Balaban J connectivity index is 1.53. The molecule has 2 unspecified atom stereocenters. The summed E-state index contributed by atoms with van der Waals surface area (Å²) in [7, 11) is 3.86. The zero-order chi connectivity index (χ0) is 21.2. The lowest BCUT2D eigenvalue weighted by Crippen LogP contribution is -2.51. The highest BCUT2D eigenvalue weighted by Crippen LogP contribution is 2.42. The molecule has 0 saturated carbocycles. The lowest BCUT2D eigenvalue weighted by atomic mass is 9.74. The van der Waals surface area contributed by atoms with Crippen LogP contribution in [0.5, 0.6) is 5.75 Å². The summed E-state index contributed by atoms with van der Waals surface area (Å²) in [5.74, 6) is 2.18. The fourth-order valence-electron chi connectivity index (χ4n) is 5.63. The van der Waals surface area contributed by atoms with Gasteiger partial charge in [0.25, 0.3) is 0 Å². The summed E-state index contributed by atoms with van der Waals surface area (Å²) in [6.07, 6.45) is 4.05. The van der Waals surface area contributed by atoms with Crippen LogP contribution < -0.4 is 9.64 Å². The Morgan fingerprint density at radius 3 is 2.29 bits per heavy atom. The normalized spacial score (nSPS) is 23.4. The van der Waals surface area contributed by atoms with Crippen LogP contribution in [-0.4, -0.2) is 38.2 Å². The molecule has 3 heterocycles. The molecule has 3 heteroatoms. The molecule has 0 radical (unpaired) electrons. The van der Waals surface area contributed by atoms with Gasteiger partial charge < -0.3 is 9.64 Å². The van der Waals surface area contributed by atoms with Crippen molar-refractivity contribution in [1.29, 1.82) is 0 Å². The largest absolute Gasteiger partial charge is 0.495 e. The molecule has 0 amide bonds. The number of ether oxygens (including phenoxy) is 1. The molecule has 3 aliphatic rings. The van der Waals surface area contributed by atoms with Crippen LogP contribution in [0.1, 0.15) is 36.3 Å². The SMILES string of the molecule is COc1ccccc1N(C)c1cccc(C(c2ccccc2)C2CC3CCN2CC3)c1. The Labute approximate surface area is 186 Å². The summed E-state index contributed by atoms with van der Waals surface area (Å²) in [5.41, 5.74) is 5.11. The smallest absolute Gasteiger partial charge is 0.142 e. The van der Waals surface area contributed by atoms with E-state index in [1.54, 1.807) is 7.11 Å². The van der Waals surface area contributed by atoms with Gasteiger partial charge in [-0.3, -0.25) is 4.90 Å². The van der Waals surface area contributed by atoms with Crippen LogP contribution in [0.4, 0.5) is 11.4 Å². The highest BCUT2D eigenvalue weighted by molar-refractivity contribution is 5.69. The molecule has 3 aliphatic heterocycles. The molecule has 3 fully saturated rings. The molecule has 2 bridgehead atoms. The van der Waals surface area contributed by atoms with E-state index in [1.165, 1.54) is 49.2 Å². The molecule has 3 aromatic rings. The molecule has 0 aromatic heterocycles. The lowest BCUT2D eigenvalue weighted by Gasteiger charge is -2.49. The molecular formula is C28H32N2O. The van der Waals surface area contributed by atoms with Gasteiger partial charge >= 0.3 is 0 Å². The van der Waals surface area contributed by atoms with E-state index in [2.05, 4.69) is 83.6 Å². The first kappa shape index (κ1) is 20.1. The van der Waals surface area contributed by atoms with E-state index >= 15 is 0 Å². The van der Waals surface area contributed by atoms with Gasteiger partial charge in [0.2, 0.25) is 0 Å². The van der Waals surface area contributed by atoms with Crippen molar-refractivity contribution in [3.05, 3.63) is 90.0 Å². The van der Waals surface area contributed by atoms with Crippen molar-refractivity contribution in [3.8, 4) is 5.75 Å². The second-order valence-corrected chi connectivity index (χ2v) is 9.00. The minimum Gasteiger partial charge on any atom is -0.495 e. The summed E-state index contributed by atoms with van der Waals surface area (Å²) in [6.45, 7) is 2.50. The average molecular weight is 413 g/mol. The molecular weight excluding hydrogens is 380 g/mol. The number of nitrogens with zero attached hydrogens (tertiary/aromatic N) is 2. The molecule has 3 aromatic carbocycles. The van der Waals surface area contributed by atoms with Gasteiger partial charge in [-0.2, -0.15) is 0 Å². The first-order valence-corrected chi connectivity index (χ1v) is 11.5. The summed E-state index contributed by atoms with van der Waals surface area (Å²) < 4.78 is 5.62. The number of para-hydroxylation sites is 2. The van der Waals surface area contributed by atoms with Gasteiger partial charge in [0.05, 0.1) is 12.8 Å². The van der Waals surface area contributed by atoms with Gasteiger partial charge in [-0.15, -0.1) is 0 Å². The van der Waals surface area contributed by atoms with E-state index in [9.17, 15) is 0 Å². The van der Waals surface area contributed by atoms with Crippen molar-refractivity contribution < 1.29 is 4.74 Å². The van der Waals surface area contributed by atoms with E-state index in [0.717, 1.165) is 17.4 Å². The predicted molar refractivity (Wildman–Crippen MR) is 128 cm³/mol. The number of benzene rings is 3. The zero-order valence-electron chi connectivity index (χ0n) is 18.6. The standard InChI is InChI=1S/C28H32N2O/c1-29(25-13-6-7-14-27(25)31-2)24-12-8-11-23(20-24)28(22-9-4-3-5-10-22)26-19-21-15-17-30(26)18-16-21/h3-14,20-21,26,28H,15-19H2,1-2H3. The highest BCUT2D eigenvalue weighted by atomic mass is 16.5. The van der Waals surface area contributed by atoms with Crippen molar-refractivity contribution >= 4 is 11.4 Å². The Kier molecular flexibility index (Phi) is 5.69. The maximum absolute atomic E-state index is 5.62. The van der Waals surface area contributed by atoms with Crippen molar-refractivity contribution in [3.63, 3.8) is 0 Å². The van der Waals surface area contributed by atoms with Crippen molar-refractivity contribution in [1.82, 2.24) is 4.90 Å². The topological polar surface area (TPSA) is 15.7 Å². The zero-order valence-corrected chi connectivity index (χ0v) is 18.6. The molecule has 31 heavy (non-hydrogen) atoms. The fourth-order valence-corrected chi connectivity index (χ4v) is 5.63. The molecule has 160 valence electrons. The van der Waals surface area contributed by atoms with Crippen LogP contribution in [-0.2, 0) is 0 Å². The fraction of sp³-hybridized carbons (Fsp3) is 0.357. The molecule has 3 saturated heterocycles. The third-order valence-corrected chi connectivity index (χ3v) is 7.30. The monoisotopic (exact) mass is 412 g/mol. The minimum absolute atomic E-state index is 0.398. The predicted octanol–water partition coefficient (Wildman–Crippen LogP) is 6.08. The van der Waals surface area contributed by atoms with Crippen LogP contribution >= 0.6 is 0 Å². The average Bonchev–Trinajstić information content (AvgIpc) is 2.85. The van der Waals surface area contributed by atoms with E-state index < -0.39 is 0 Å². The maximum atomic E-state index is 5.62. The van der Waals surface area contributed by atoms with Gasteiger partial charge in [-0.25, -0.2) is 0 Å². The summed E-state index contributed by atoms with van der Waals surface area (Å²) in [4.78, 5) is 4.98. The molecule has 3 nitrogen and oxygen atoms in total. The Morgan fingerprint density at radius 2 is 1.58 bits per heavy atom. The molecule has 0 spiro atoms. The van der Waals surface area contributed by atoms with Gasteiger partial charge in [0, 0.05) is 24.7 Å². The van der Waals surface area contributed by atoms with Gasteiger partial charge in [0.15, 0.2) is 0 Å². The van der Waals surface area contributed by atoms with Crippen LogP contribution in [0, 0.1) is 5.92 Å². The second kappa shape index (κ2) is 8.76. The molecule has 2 atom stereocenters. The first-order valence-electron chi connectivity index (χ1n) is 11.5. The molecule has 6 rings (SSSR count). The van der Waals surface area contributed by atoms with Crippen molar-refractivity contribution in [2.45, 2.75) is 31.2 Å². The number of anilines is 2. The van der Waals surface area contributed by atoms with E-state index in [-0.39, 0.29) is 0 Å². The van der Waals surface area contributed by atoms with Gasteiger partial charge in [-0.1, -0.05) is 54.6 Å². The number of piperidine rings is 3. The molecule has 0 aliphatic carbocycles. The third-order valence-electron chi connectivity index (χ3n) is 7.30. The number of hydrogen-bond acceptors (Lipinski definition) is 3. The number of fused-ring (bicyclic) bond motifs is 3. The van der Waals surface area contributed by atoms with Crippen LogP contribution in [0.25, 0.3) is 0 Å². The van der Waals surface area contributed by atoms with Gasteiger partial charge in [-0.05, 0) is 73.7 Å².